The Hall–Kier alpha value is -2.17. The van der Waals surface area contributed by atoms with Crippen LogP contribution in [0.25, 0.3) is 0 Å². The molecule has 0 atom stereocenters. The summed E-state index contributed by atoms with van der Waals surface area (Å²) in [4.78, 5) is 38.0. The predicted octanol–water partition coefficient (Wildman–Crippen LogP) is 2.06. The maximum absolute atomic E-state index is 12.7. The molecule has 20 heavy (non-hydrogen) atoms. The number of aryl methyl sites for hydroxylation is 2. The van der Waals surface area contributed by atoms with Gasteiger partial charge in [0.25, 0.3) is 5.91 Å². The smallest absolute Gasteiger partial charge is 0.276 e. The van der Waals surface area contributed by atoms with Crippen molar-refractivity contribution in [1.82, 2.24) is 5.32 Å². The summed E-state index contributed by atoms with van der Waals surface area (Å²) in [6.45, 7) is 3.71. The molecule has 0 aromatic heterocycles. The molecular formula is C15H16N2O3. The van der Waals surface area contributed by atoms with Crippen molar-refractivity contribution in [2.24, 2.45) is 5.41 Å². The topological polar surface area (TPSA) is 66.5 Å². The largest absolute Gasteiger partial charge is 0.335 e. The molecule has 1 saturated carbocycles. The maximum atomic E-state index is 12.7. The molecule has 5 heteroatoms. The molecule has 1 aliphatic heterocycles. The van der Waals surface area contributed by atoms with Crippen molar-refractivity contribution in [2.45, 2.75) is 33.1 Å². The van der Waals surface area contributed by atoms with Gasteiger partial charge in [-0.3, -0.25) is 14.9 Å². The highest BCUT2D eigenvalue weighted by molar-refractivity contribution is 6.30. The predicted molar refractivity (Wildman–Crippen MR) is 73.2 cm³/mol. The molecule has 0 radical (unpaired) electrons. The first-order valence-electron chi connectivity index (χ1n) is 6.73. The van der Waals surface area contributed by atoms with Gasteiger partial charge < -0.3 is 0 Å². The number of imide groups is 2. The van der Waals surface area contributed by atoms with Gasteiger partial charge >= 0.3 is 6.03 Å². The van der Waals surface area contributed by atoms with E-state index in [2.05, 4.69) is 5.32 Å². The average Bonchev–Trinajstić information content (AvgIpc) is 2.30. The number of nitrogens with one attached hydrogen (secondary N) is 1. The van der Waals surface area contributed by atoms with Crippen LogP contribution in [0.5, 0.6) is 0 Å². The second-order valence-electron chi connectivity index (χ2n) is 5.58. The van der Waals surface area contributed by atoms with Gasteiger partial charge in [0, 0.05) is 0 Å². The monoisotopic (exact) mass is 272 g/mol. The number of urea groups is 1. The molecular weight excluding hydrogens is 256 g/mol. The number of rotatable bonds is 1. The van der Waals surface area contributed by atoms with Gasteiger partial charge in [0.05, 0.1) is 5.69 Å². The summed E-state index contributed by atoms with van der Waals surface area (Å²) in [5.74, 6) is -0.823. The average molecular weight is 272 g/mol. The molecule has 4 amide bonds. The lowest BCUT2D eigenvalue weighted by Crippen LogP contribution is -2.66. The first-order chi connectivity index (χ1) is 9.47. The SMILES string of the molecule is Cc1cccc(C)c1N1C(=O)NC(=O)C2(CCC2)C1=O. The molecule has 1 saturated heterocycles. The molecule has 1 N–H and O–H groups in total. The van der Waals surface area contributed by atoms with Crippen molar-refractivity contribution >= 4 is 23.5 Å². The Balaban J connectivity index is 2.11. The van der Waals surface area contributed by atoms with Gasteiger partial charge in [0.2, 0.25) is 5.91 Å². The van der Waals surface area contributed by atoms with Crippen LogP contribution in [0.15, 0.2) is 18.2 Å². The Morgan fingerprint density at radius 1 is 1.10 bits per heavy atom. The second kappa shape index (κ2) is 4.16. The lowest BCUT2D eigenvalue weighted by atomic mass is 9.66. The molecule has 1 aromatic rings. The van der Waals surface area contributed by atoms with Crippen LogP contribution in [-0.2, 0) is 9.59 Å². The molecule has 1 aliphatic carbocycles. The van der Waals surface area contributed by atoms with E-state index in [0.29, 0.717) is 18.5 Å². The summed E-state index contributed by atoms with van der Waals surface area (Å²) in [6.07, 6.45) is 1.88. The van der Waals surface area contributed by atoms with E-state index in [4.69, 9.17) is 0 Å². The Morgan fingerprint density at radius 3 is 2.20 bits per heavy atom. The zero-order valence-corrected chi connectivity index (χ0v) is 11.5. The third-order valence-corrected chi connectivity index (χ3v) is 4.34. The van der Waals surface area contributed by atoms with Crippen LogP contribution in [0.2, 0.25) is 0 Å². The molecule has 1 heterocycles. The normalized spacial score (nSPS) is 20.9. The molecule has 104 valence electrons. The number of hydrogen-bond acceptors (Lipinski definition) is 3. The Morgan fingerprint density at radius 2 is 1.70 bits per heavy atom. The second-order valence-corrected chi connectivity index (χ2v) is 5.58. The van der Waals surface area contributed by atoms with Crippen molar-refractivity contribution in [3.63, 3.8) is 0 Å². The first kappa shape index (κ1) is 12.8. The van der Waals surface area contributed by atoms with Crippen LogP contribution in [0.3, 0.4) is 0 Å². The molecule has 2 fully saturated rings. The third kappa shape index (κ3) is 1.52. The van der Waals surface area contributed by atoms with E-state index in [1.54, 1.807) is 0 Å². The fourth-order valence-corrected chi connectivity index (χ4v) is 3.01. The minimum absolute atomic E-state index is 0.380. The fraction of sp³-hybridized carbons (Fsp3) is 0.400. The molecule has 5 nitrogen and oxygen atoms in total. The number of amides is 4. The van der Waals surface area contributed by atoms with E-state index >= 15 is 0 Å². The number of hydrogen-bond donors (Lipinski definition) is 1. The van der Waals surface area contributed by atoms with Gasteiger partial charge in [-0.15, -0.1) is 0 Å². The minimum Gasteiger partial charge on any atom is -0.276 e. The number of carbonyl (C=O) groups is 3. The van der Waals surface area contributed by atoms with Gasteiger partial charge in [-0.05, 0) is 37.8 Å². The Labute approximate surface area is 116 Å². The van der Waals surface area contributed by atoms with Crippen molar-refractivity contribution < 1.29 is 14.4 Å². The maximum Gasteiger partial charge on any atom is 0.335 e. The van der Waals surface area contributed by atoms with Crippen LogP contribution in [0, 0.1) is 19.3 Å². The van der Waals surface area contributed by atoms with E-state index < -0.39 is 17.4 Å². The van der Waals surface area contributed by atoms with Gasteiger partial charge in [-0.1, -0.05) is 24.6 Å². The molecule has 3 rings (SSSR count). The van der Waals surface area contributed by atoms with Crippen LogP contribution in [0.1, 0.15) is 30.4 Å². The van der Waals surface area contributed by atoms with Crippen LogP contribution < -0.4 is 10.2 Å². The lowest BCUT2D eigenvalue weighted by molar-refractivity contribution is -0.148. The molecule has 0 unspecified atom stereocenters. The van der Waals surface area contributed by atoms with Crippen LogP contribution in [-0.4, -0.2) is 17.8 Å². The van der Waals surface area contributed by atoms with Crippen molar-refractivity contribution in [3.8, 4) is 0 Å². The van der Waals surface area contributed by atoms with E-state index in [-0.39, 0.29) is 5.91 Å². The molecule has 2 aliphatic rings. The number of carbonyl (C=O) groups excluding carboxylic acids is 3. The summed E-state index contributed by atoms with van der Waals surface area (Å²) in [5.41, 5.74) is 1.26. The van der Waals surface area contributed by atoms with E-state index in [9.17, 15) is 14.4 Å². The Kier molecular flexibility index (Phi) is 2.67. The Bertz CT molecular complexity index is 612. The first-order valence-corrected chi connectivity index (χ1v) is 6.73. The van der Waals surface area contributed by atoms with Gasteiger partial charge in [0.15, 0.2) is 0 Å². The summed E-state index contributed by atoms with van der Waals surface area (Å²) in [7, 11) is 0. The van der Waals surface area contributed by atoms with Crippen LogP contribution >= 0.6 is 0 Å². The standard InChI is InChI=1S/C15H16N2O3/c1-9-5-3-6-10(2)11(9)17-13(19)15(7-4-8-15)12(18)16-14(17)20/h3,5-6H,4,7-8H2,1-2H3,(H,16,18,20). The number of benzene rings is 1. The summed E-state index contributed by atoms with van der Waals surface area (Å²) >= 11 is 0. The summed E-state index contributed by atoms with van der Waals surface area (Å²) in [6, 6.07) is 4.94. The fourth-order valence-electron chi connectivity index (χ4n) is 3.01. The summed E-state index contributed by atoms with van der Waals surface area (Å²) < 4.78 is 0. The number of anilines is 1. The highest BCUT2D eigenvalue weighted by Crippen LogP contribution is 2.45. The lowest BCUT2D eigenvalue weighted by Gasteiger charge is -2.44. The number of para-hydroxylation sites is 1. The number of nitrogens with zero attached hydrogens (tertiary/aromatic N) is 1. The minimum atomic E-state index is -1.03. The van der Waals surface area contributed by atoms with Crippen LogP contribution in [0.4, 0.5) is 10.5 Å². The van der Waals surface area contributed by atoms with Gasteiger partial charge in [-0.25, -0.2) is 9.69 Å². The zero-order valence-electron chi connectivity index (χ0n) is 11.5. The van der Waals surface area contributed by atoms with Crippen molar-refractivity contribution in [2.75, 3.05) is 4.90 Å². The van der Waals surface area contributed by atoms with Crippen molar-refractivity contribution in [1.29, 1.82) is 0 Å². The van der Waals surface area contributed by atoms with E-state index in [0.717, 1.165) is 22.4 Å². The highest BCUT2D eigenvalue weighted by atomic mass is 16.2. The van der Waals surface area contributed by atoms with E-state index in [1.807, 2.05) is 32.0 Å². The highest BCUT2D eigenvalue weighted by Gasteiger charge is 2.57. The zero-order chi connectivity index (χ0) is 14.5. The van der Waals surface area contributed by atoms with E-state index in [1.165, 1.54) is 0 Å². The van der Waals surface area contributed by atoms with Gasteiger partial charge in [0.1, 0.15) is 5.41 Å². The molecule has 1 aromatic carbocycles. The molecule has 0 bridgehead atoms. The summed E-state index contributed by atoms with van der Waals surface area (Å²) in [5, 5.41) is 2.33. The number of barbiturate groups is 1. The van der Waals surface area contributed by atoms with Crippen molar-refractivity contribution in [3.05, 3.63) is 29.3 Å². The van der Waals surface area contributed by atoms with Gasteiger partial charge in [-0.2, -0.15) is 0 Å². The molecule has 1 spiro atoms. The third-order valence-electron chi connectivity index (χ3n) is 4.34. The quantitative estimate of drug-likeness (QED) is 0.796.